The summed E-state index contributed by atoms with van der Waals surface area (Å²) in [5.41, 5.74) is -0.897. The number of benzene rings is 2. The van der Waals surface area contributed by atoms with E-state index < -0.39 is 17.6 Å². The average molecular weight is 449 g/mol. The van der Waals surface area contributed by atoms with E-state index in [9.17, 15) is 17.6 Å². The lowest BCUT2D eigenvalue weighted by Crippen LogP contribution is -2.36. The largest absolute Gasteiger partial charge is 0.497 e. The molecule has 10 heteroatoms. The molecule has 0 aliphatic carbocycles. The van der Waals surface area contributed by atoms with Crippen LogP contribution < -0.4 is 14.4 Å². The van der Waals surface area contributed by atoms with Gasteiger partial charge in [-0.25, -0.2) is 9.37 Å². The first-order chi connectivity index (χ1) is 15.3. The summed E-state index contributed by atoms with van der Waals surface area (Å²) < 4.78 is 71.1. The van der Waals surface area contributed by atoms with Crippen molar-refractivity contribution in [2.75, 3.05) is 38.3 Å². The lowest BCUT2D eigenvalue weighted by Gasteiger charge is -2.29. The Hall–Kier alpha value is -3.40. The van der Waals surface area contributed by atoms with Crippen LogP contribution in [-0.4, -0.2) is 43.4 Å². The minimum atomic E-state index is -4.61. The Labute approximate surface area is 181 Å². The quantitative estimate of drug-likeness (QED) is 0.515. The van der Waals surface area contributed by atoms with Crippen LogP contribution in [0.1, 0.15) is 5.56 Å². The van der Waals surface area contributed by atoms with Crippen LogP contribution in [0.4, 0.5) is 23.2 Å². The maximum Gasteiger partial charge on any atom is 0.416 e. The van der Waals surface area contributed by atoms with Crippen molar-refractivity contribution in [1.82, 2.24) is 9.97 Å². The zero-order valence-corrected chi connectivity index (χ0v) is 17.0. The van der Waals surface area contributed by atoms with Crippen LogP contribution in [0.3, 0.4) is 0 Å². The van der Waals surface area contributed by atoms with Crippen LogP contribution in [0.5, 0.6) is 17.5 Å². The molecule has 1 aromatic heterocycles. The van der Waals surface area contributed by atoms with Crippen molar-refractivity contribution in [3.63, 3.8) is 0 Å². The van der Waals surface area contributed by atoms with Gasteiger partial charge in [0.15, 0.2) is 5.82 Å². The second-order valence-electron chi connectivity index (χ2n) is 6.99. The van der Waals surface area contributed by atoms with Crippen molar-refractivity contribution in [2.45, 2.75) is 6.18 Å². The Balaban J connectivity index is 1.71. The van der Waals surface area contributed by atoms with E-state index in [1.165, 1.54) is 13.2 Å². The normalized spacial score (nSPS) is 14.3. The summed E-state index contributed by atoms with van der Waals surface area (Å²) in [5.74, 6) is 0.110. The Morgan fingerprint density at radius 1 is 1.00 bits per heavy atom. The maximum atomic E-state index is 14.6. The number of nitrogens with zero attached hydrogens (tertiary/aromatic N) is 3. The van der Waals surface area contributed by atoms with Gasteiger partial charge in [0.2, 0.25) is 0 Å². The summed E-state index contributed by atoms with van der Waals surface area (Å²) >= 11 is 0. The number of hydrogen-bond donors (Lipinski definition) is 0. The van der Waals surface area contributed by atoms with Gasteiger partial charge in [-0.2, -0.15) is 18.2 Å². The summed E-state index contributed by atoms with van der Waals surface area (Å²) in [6, 6.07) is 9.70. The fourth-order valence-corrected chi connectivity index (χ4v) is 3.27. The predicted molar refractivity (Wildman–Crippen MR) is 109 cm³/mol. The number of alkyl halides is 3. The van der Waals surface area contributed by atoms with Gasteiger partial charge in [0.1, 0.15) is 17.2 Å². The van der Waals surface area contributed by atoms with Gasteiger partial charge in [-0.3, -0.25) is 0 Å². The highest BCUT2D eigenvalue weighted by Crippen LogP contribution is 2.36. The monoisotopic (exact) mass is 449 g/mol. The Kier molecular flexibility index (Phi) is 6.13. The maximum absolute atomic E-state index is 14.6. The summed E-state index contributed by atoms with van der Waals surface area (Å²) in [7, 11) is 1.52. The van der Waals surface area contributed by atoms with E-state index >= 15 is 0 Å². The summed E-state index contributed by atoms with van der Waals surface area (Å²) in [4.78, 5) is 9.60. The molecule has 0 spiro atoms. The average Bonchev–Trinajstić information content (AvgIpc) is 2.80. The number of morpholine rings is 1. The van der Waals surface area contributed by atoms with Crippen LogP contribution >= 0.6 is 0 Å². The molecule has 32 heavy (non-hydrogen) atoms. The molecule has 3 aromatic rings. The van der Waals surface area contributed by atoms with Gasteiger partial charge in [-0.1, -0.05) is 0 Å². The molecule has 6 nitrogen and oxygen atoms in total. The molecule has 0 bridgehead atoms. The number of methoxy groups -OCH3 is 1. The van der Waals surface area contributed by atoms with Crippen molar-refractivity contribution in [3.05, 3.63) is 60.0 Å². The van der Waals surface area contributed by atoms with Gasteiger partial charge in [-0.15, -0.1) is 0 Å². The first-order valence-electron chi connectivity index (χ1n) is 9.73. The fourth-order valence-electron chi connectivity index (χ4n) is 3.27. The van der Waals surface area contributed by atoms with Crippen molar-refractivity contribution in [2.24, 2.45) is 0 Å². The number of aromatic nitrogens is 2. The van der Waals surface area contributed by atoms with Gasteiger partial charge in [0.05, 0.1) is 32.1 Å². The minimum absolute atomic E-state index is 0.0270. The second-order valence-corrected chi connectivity index (χ2v) is 6.99. The van der Waals surface area contributed by atoms with Crippen LogP contribution in [0.15, 0.2) is 48.7 Å². The number of anilines is 1. The van der Waals surface area contributed by atoms with E-state index in [0.717, 1.165) is 18.3 Å². The molecule has 0 saturated carbocycles. The molecule has 168 valence electrons. The third-order valence-electron chi connectivity index (χ3n) is 4.89. The molecule has 0 amide bonds. The zero-order chi connectivity index (χ0) is 22.7. The topological polar surface area (TPSA) is 56.7 Å². The van der Waals surface area contributed by atoms with Crippen molar-refractivity contribution >= 4 is 5.69 Å². The van der Waals surface area contributed by atoms with Crippen molar-refractivity contribution < 1.29 is 31.8 Å². The van der Waals surface area contributed by atoms with Gasteiger partial charge >= 0.3 is 12.2 Å². The Morgan fingerprint density at radius 2 is 1.69 bits per heavy atom. The molecule has 0 atom stereocenters. The number of hydrogen-bond acceptors (Lipinski definition) is 6. The highest BCUT2D eigenvalue weighted by molar-refractivity contribution is 5.68. The fraction of sp³-hybridized carbons (Fsp3) is 0.273. The van der Waals surface area contributed by atoms with Crippen LogP contribution in [0.25, 0.3) is 11.3 Å². The summed E-state index contributed by atoms with van der Waals surface area (Å²) in [5, 5.41) is 0. The van der Waals surface area contributed by atoms with Crippen molar-refractivity contribution in [3.8, 4) is 28.8 Å². The standard InChI is InChI=1S/C22H19F4N3O3/c1-30-17-2-4-18(5-3-17)32-21-27-13-19(23)20(28-21)14-10-15(22(24,25)26)12-16(11-14)29-6-8-31-9-7-29/h2-5,10-13H,6-9H2,1H3. The van der Waals surface area contributed by atoms with Gasteiger partial charge in [0.25, 0.3) is 0 Å². The molecule has 4 rings (SSSR count). The number of rotatable bonds is 5. The molecule has 1 saturated heterocycles. The first-order valence-corrected chi connectivity index (χ1v) is 9.73. The van der Waals surface area contributed by atoms with E-state index in [2.05, 4.69) is 9.97 Å². The van der Waals surface area contributed by atoms with E-state index in [1.54, 1.807) is 29.2 Å². The molecule has 1 aliphatic rings. The molecular formula is C22H19F4N3O3. The molecule has 1 aliphatic heterocycles. The second kappa shape index (κ2) is 8.99. The van der Waals surface area contributed by atoms with Gasteiger partial charge in [-0.05, 0) is 42.5 Å². The third-order valence-corrected chi connectivity index (χ3v) is 4.89. The highest BCUT2D eigenvalue weighted by Gasteiger charge is 2.32. The Bertz CT molecular complexity index is 1080. The van der Waals surface area contributed by atoms with E-state index in [4.69, 9.17) is 14.2 Å². The van der Waals surface area contributed by atoms with Crippen LogP contribution in [0, 0.1) is 5.82 Å². The van der Waals surface area contributed by atoms with Crippen molar-refractivity contribution in [1.29, 1.82) is 0 Å². The Morgan fingerprint density at radius 3 is 2.34 bits per heavy atom. The molecule has 2 heterocycles. The SMILES string of the molecule is COc1ccc(Oc2ncc(F)c(-c3cc(N4CCOCC4)cc(C(F)(F)F)c3)n2)cc1. The third kappa shape index (κ3) is 4.91. The van der Waals surface area contributed by atoms with Crippen LogP contribution in [-0.2, 0) is 10.9 Å². The molecule has 0 N–H and O–H groups in total. The predicted octanol–water partition coefficient (Wildman–Crippen LogP) is 4.94. The molecule has 0 radical (unpaired) electrons. The minimum Gasteiger partial charge on any atom is -0.497 e. The number of halogens is 4. The molecule has 1 fully saturated rings. The molecule has 0 unspecified atom stereocenters. The summed E-state index contributed by atoms with van der Waals surface area (Å²) in [6.45, 7) is 1.65. The van der Waals surface area contributed by atoms with E-state index in [1.807, 2.05) is 0 Å². The van der Waals surface area contributed by atoms with E-state index in [-0.39, 0.29) is 17.3 Å². The smallest absolute Gasteiger partial charge is 0.416 e. The zero-order valence-electron chi connectivity index (χ0n) is 17.0. The first kappa shape index (κ1) is 21.8. The van der Waals surface area contributed by atoms with Crippen LogP contribution in [0.2, 0.25) is 0 Å². The van der Waals surface area contributed by atoms with Gasteiger partial charge in [0, 0.05) is 24.3 Å². The molecule has 2 aromatic carbocycles. The highest BCUT2D eigenvalue weighted by atomic mass is 19.4. The summed E-state index contributed by atoms with van der Waals surface area (Å²) in [6.07, 6.45) is -3.74. The lowest BCUT2D eigenvalue weighted by atomic mass is 10.0. The molecular weight excluding hydrogens is 430 g/mol. The lowest BCUT2D eigenvalue weighted by molar-refractivity contribution is -0.137. The van der Waals surface area contributed by atoms with E-state index in [0.29, 0.717) is 43.5 Å². The number of ether oxygens (including phenoxy) is 3. The van der Waals surface area contributed by atoms with Gasteiger partial charge < -0.3 is 19.1 Å².